The summed E-state index contributed by atoms with van der Waals surface area (Å²) >= 11 is 0. The number of ether oxygens (including phenoxy) is 3. The normalized spacial score (nSPS) is 10.1. The maximum atomic E-state index is 5.85. The van der Waals surface area contributed by atoms with Crippen molar-refractivity contribution < 1.29 is 14.2 Å². The molecule has 0 aliphatic heterocycles. The first kappa shape index (κ1) is 14.1. The quantitative estimate of drug-likeness (QED) is 0.812. The molecule has 2 aromatic carbocycles. The monoisotopic (exact) mass is 273 g/mol. The van der Waals surface area contributed by atoms with Gasteiger partial charge >= 0.3 is 0 Å². The number of hydrogen-bond donors (Lipinski definition) is 1. The molecule has 0 radical (unpaired) electrons. The van der Waals surface area contributed by atoms with Crippen LogP contribution in [0.2, 0.25) is 0 Å². The van der Waals surface area contributed by atoms with Gasteiger partial charge in [-0.3, -0.25) is 0 Å². The average Bonchev–Trinajstić information content (AvgIpc) is 2.45. The molecule has 0 fully saturated rings. The Kier molecular flexibility index (Phi) is 4.71. The molecule has 2 N–H and O–H groups in total. The summed E-state index contributed by atoms with van der Waals surface area (Å²) in [5, 5.41) is 0. The number of nitrogens with two attached hydrogens (primary N) is 1. The van der Waals surface area contributed by atoms with E-state index in [1.165, 1.54) is 0 Å². The summed E-state index contributed by atoms with van der Waals surface area (Å²) in [5.41, 5.74) is 6.46. The molecule has 0 amide bonds. The summed E-state index contributed by atoms with van der Waals surface area (Å²) in [6.45, 7) is 2.71. The molecule has 0 unspecified atom stereocenters. The highest BCUT2D eigenvalue weighted by Gasteiger charge is 2.03. The van der Waals surface area contributed by atoms with Gasteiger partial charge in [-0.05, 0) is 30.7 Å². The molecule has 106 valence electrons. The Balaban J connectivity index is 2.12. The number of anilines is 1. The van der Waals surface area contributed by atoms with E-state index in [4.69, 9.17) is 19.9 Å². The Morgan fingerprint density at radius 1 is 0.900 bits per heavy atom. The van der Waals surface area contributed by atoms with Crippen LogP contribution in [0.25, 0.3) is 0 Å². The molecule has 2 rings (SSSR count). The van der Waals surface area contributed by atoms with E-state index in [-0.39, 0.29) is 0 Å². The number of nitrogen functional groups attached to an aromatic ring is 1. The third-order valence-electron chi connectivity index (χ3n) is 2.67. The lowest BCUT2D eigenvalue weighted by Crippen LogP contribution is -1.97. The van der Waals surface area contributed by atoms with Gasteiger partial charge in [-0.2, -0.15) is 0 Å². The average molecular weight is 273 g/mol. The highest BCUT2D eigenvalue weighted by atomic mass is 16.5. The summed E-state index contributed by atoms with van der Waals surface area (Å²) in [4.78, 5) is 0. The van der Waals surface area contributed by atoms with E-state index < -0.39 is 0 Å². The molecular formula is C16H19NO3. The van der Waals surface area contributed by atoms with E-state index >= 15 is 0 Å². The van der Waals surface area contributed by atoms with Crippen molar-refractivity contribution in [3.8, 4) is 23.0 Å². The van der Waals surface area contributed by atoms with Gasteiger partial charge in [-0.1, -0.05) is 6.92 Å². The van der Waals surface area contributed by atoms with Crippen molar-refractivity contribution in [3.63, 3.8) is 0 Å². The standard InChI is InChI=1S/C16H19NO3/c1-3-8-19-15-9-12(17)10-16(11-15)20-14-6-4-13(18-2)5-7-14/h4-7,9-11H,3,8,17H2,1-2H3. The number of benzene rings is 2. The van der Waals surface area contributed by atoms with Gasteiger partial charge in [-0.15, -0.1) is 0 Å². The minimum atomic E-state index is 0.613. The lowest BCUT2D eigenvalue weighted by atomic mass is 10.2. The first-order valence-corrected chi connectivity index (χ1v) is 6.56. The Hall–Kier alpha value is -2.36. The van der Waals surface area contributed by atoms with Crippen LogP contribution < -0.4 is 19.9 Å². The number of hydrogen-bond acceptors (Lipinski definition) is 4. The third kappa shape index (κ3) is 3.82. The minimum absolute atomic E-state index is 0.613. The first-order valence-electron chi connectivity index (χ1n) is 6.56. The van der Waals surface area contributed by atoms with Gasteiger partial charge in [-0.25, -0.2) is 0 Å². The molecule has 0 spiro atoms. The molecule has 4 nitrogen and oxygen atoms in total. The van der Waals surface area contributed by atoms with Crippen LogP contribution in [0.15, 0.2) is 42.5 Å². The van der Waals surface area contributed by atoms with Crippen molar-refractivity contribution in [2.45, 2.75) is 13.3 Å². The molecule has 0 saturated carbocycles. The van der Waals surface area contributed by atoms with Crippen molar-refractivity contribution in [1.29, 1.82) is 0 Å². The van der Waals surface area contributed by atoms with E-state index in [1.807, 2.05) is 30.3 Å². The predicted molar refractivity (Wildman–Crippen MR) is 79.7 cm³/mol. The summed E-state index contributed by atoms with van der Waals surface area (Å²) < 4.78 is 16.4. The van der Waals surface area contributed by atoms with Crippen LogP contribution in [0, 0.1) is 0 Å². The summed E-state index contributed by atoms with van der Waals surface area (Å²) in [6, 6.07) is 12.8. The molecule has 4 heteroatoms. The molecule has 0 saturated heterocycles. The second kappa shape index (κ2) is 6.70. The Morgan fingerprint density at radius 2 is 1.55 bits per heavy atom. The largest absolute Gasteiger partial charge is 0.497 e. The zero-order chi connectivity index (χ0) is 14.4. The first-order chi connectivity index (χ1) is 9.71. The van der Waals surface area contributed by atoms with Gasteiger partial charge in [0, 0.05) is 23.9 Å². The Labute approximate surface area is 119 Å². The van der Waals surface area contributed by atoms with Crippen LogP contribution in [0.4, 0.5) is 5.69 Å². The zero-order valence-electron chi connectivity index (χ0n) is 11.8. The SMILES string of the molecule is CCCOc1cc(N)cc(Oc2ccc(OC)cc2)c1. The Bertz CT molecular complexity index is 552. The van der Waals surface area contributed by atoms with Gasteiger partial charge in [0.25, 0.3) is 0 Å². The zero-order valence-corrected chi connectivity index (χ0v) is 11.8. The lowest BCUT2D eigenvalue weighted by Gasteiger charge is -2.10. The summed E-state index contributed by atoms with van der Waals surface area (Å²) in [7, 11) is 1.63. The molecule has 0 aromatic heterocycles. The van der Waals surface area contributed by atoms with E-state index in [9.17, 15) is 0 Å². The fourth-order valence-electron chi connectivity index (χ4n) is 1.74. The van der Waals surface area contributed by atoms with E-state index in [2.05, 4.69) is 6.92 Å². The van der Waals surface area contributed by atoms with E-state index in [0.717, 1.165) is 23.7 Å². The summed E-state index contributed by atoms with van der Waals surface area (Å²) in [6.07, 6.45) is 0.948. The van der Waals surface area contributed by atoms with E-state index in [1.54, 1.807) is 19.2 Å². The molecule has 0 aliphatic rings. The second-order valence-electron chi connectivity index (χ2n) is 4.36. The highest BCUT2D eigenvalue weighted by Crippen LogP contribution is 2.29. The van der Waals surface area contributed by atoms with Gasteiger partial charge in [0.1, 0.15) is 23.0 Å². The van der Waals surface area contributed by atoms with Crippen LogP contribution >= 0.6 is 0 Å². The third-order valence-corrected chi connectivity index (χ3v) is 2.67. The molecular weight excluding hydrogens is 254 g/mol. The smallest absolute Gasteiger partial charge is 0.133 e. The van der Waals surface area contributed by atoms with Crippen molar-refractivity contribution in [1.82, 2.24) is 0 Å². The minimum Gasteiger partial charge on any atom is -0.497 e. The second-order valence-corrected chi connectivity index (χ2v) is 4.36. The Morgan fingerprint density at radius 3 is 2.20 bits per heavy atom. The summed E-state index contributed by atoms with van der Waals surface area (Å²) in [5.74, 6) is 2.88. The maximum Gasteiger partial charge on any atom is 0.133 e. The fourth-order valence-corrected chi connectivity index (χ4v) is 1.74. The van der Waals surface area contributed by atoms with Crippen LogP contribution in [0.3, 0.4) is 0 Å². The maximum absolute atomic E-state index is 5.85. The number of methoxy groups -OCH3 is 1. The van der Waals surface area contributed by atoms with Gasteiger partial charge in [0.15, 0.2) is 0 Å². The molecule has 0 bridgehead atoms. The molecule has 0 aliphatic carbocycles. The van der Waals surface area contributed by atoms with Crippen molar-refractivity contribution >= 4 is 5.69 Å². The van der Waals surface area contributed by atoms with Gasteiger partial charge in [0.05, 0.1) is 13.7 Å². The fraction of sp³-hybridized carbons (Fsp3) is 0.250. The van der Waals surface area contributed by atoms with Crippen LogP contribution in [0.5, 0.6) is 23.0 Å². The van der Waals surface area contributed by atoms with Gasteiger partial charge < -0.3 is 19.9 Å². The molecule has 20 heavy (non-hydrogen) atoms. The van der Waals surface area contributed by atoms with Crippen LogP contribution in [-0.2, 0) is 0 Å². The topological polar surface area (TPSA) is 53.7 Å². The highest BCUT2D eigenvalue weighted by molar-refractivity contribution is 5.51. The van der Waals surface area contributed by atoms with Gasteiger partial charge in [0.2, 0.25) is 0 Å². The number of rotatable bonds is 6. The van der Waals surface area contributed by atoms with E-state index in [0.29, 0.717) is 18.0 Å². The predicted octanol–water partition coefficient (Wildman–Crippen LogP) is 3.86. The lowest BCUT2D eigenvalue weighted by molar-refractivity contribution is 0.316. The molecule has 0 heterocycles. The molecule has 2 aromatic rings. The molecule has 0 atom stereocenters. The van der Waals surface area contributed by atoms with Crippen LogP contribution in [0.1, 0.15) is 13.3 Å². The van der Waals surface area contributed by atoms with Crippen molar-refractivity contribution in [2.75, 3.05) is 19.5 Å². The van der Waals surface area contributed by atoms with Crippen molar-refractivity contribution in [2.24, 2.45) is 0 Å². The van der Waals surface area contributed by atoms with Crippen molar-refractivity contribution in [3.05, 3.63) is 42.5 Å². The van der Waals surface area contributed by atoms with Crippen LogP contribution in [-0.4, -0.2) is 13.7 Å².